The number of hydrogen-bond acceptors (Lipinski definition) is 4. The maximum Gasteiger partial charge on any atom is 0.329 e. The number of carbonyl (C=O) groups is 1. The molecule has 0 saturated carbocycles. The Labute approximate surface area is 101 Å². The van der Waals surface area contributed by atoms with Crippen LogP contribution in [0.15, 0.2) is 12.5 Å². The molecule has 0 radical (unpaired) electrons. The van der Waals surface area contributed by atoms with E-state index in [1.54, 1.807) is 12.5 Å². The van der Waals surface area contributed by atoms with Crippen LogP contribution in [0.1, 0.15) is 32.0 Å². The zero-order valence-electron chi connectivity index (χ0n) is 10.3. The summed E-state index contributed by atoms with van der Waals surface area (Å²) in [4.78, 5) is 15.9. The Balaban J connectivity index is 1.78. The molecule has 1 aliphatic heterocycles. The number of imidazole rings is 1. The van der Waals surface area contributed by atoms with E-state index in [-0.39, 0.29) is 18.1 Å². The normalized spacial score (nSPS) is 18.4. The second-order valence-electron chi connectivity index (χ2n) is 4.43. The zero-order chi connectivity index (χ0) is 12.3. The Morgan fingerprint density at radius 2 is 2.41 bits per heavy atom. The molecule has 0 aromatic carbocycles. The molecule has 0 bridgehead atoms. The number of carbonyl (C=O) groups excluding carboxylic acids is 1. The Kier molecular flexibility index (Phi) is 3.78. The molecule has 0 fully saturated rings. The average Bonchev–Trinajstić information content (AvgIpc) is 2.85. The second-order valence-corrected chi connectivity index (χ2v) is 4.43. The molecule has 5 heteroatoms. The standard InChI is InChI=1S/C12H18N2O3/c1-9(2)16-5-6-17-12(15)11-4-3-10-7-13-8-14(10)11/h7-9,11H,3-6H2,1-2H3. The molecule has 1 atom stereocenters. The summed E-state index contributed by atoms with van der Waals surface area (Å²) >= 11 is 0. The van der Waals surface area contributed by atoms with Crippen molar-refractivity contribution in [3.63, 3.8) is 0 Å². The van der Waals surface area contributed by atoms with Crippen LogP contribution in [0.25, 0.3) is 0 Å². The quantitative estimate of drug-likeness (QED) is 0.574. The van der Waals surface area contributed by atoms with Crippen molar-refractivity contribution in [2.24, 2.45) is 0 Å². The van der Waals surface area contributed by atoms with Crippen molar-refractivity contribution >= 4 is 5.97 Å². The van der Waals surface area contributed by atoms with Gasteiger partial charge in [0.25, 0.3) is 0 Å². The topological polar surface area (TPSA) is 53.4 Å². The Morgan fingerprint density at radius 1 is 1.59 bits per heavy atom. The Hall–Kier alpha value is -1.36. The third kappa shape index (κ3) is 2.85. The van der Waals surface area contributed by atoms with Crippen LogP contribution in [-0.4, -0.2) is 34.8 Å². The lowest BCUT2D eigenvalue weighted by molar-refractivity contribution is -0.149. The van der Waals surface area contributed by atoms with E-state index < -0.39 is 0 Å². The number of rotatable bonds is 5. The summed E-state index contributed by atoms with van der Waals surface area (Å²) in [5, 5.41) is 0. The summed E-state index contributed by atoms with van der Waals surface area (Å²) in [6, 6.07) is -0.202. The molecule has 0 amide bonds. The molecule has 0 saturated heterocycles. The lowest BCUT2D eigenvalue weighted by Crippen LogP contribution is -2.21. The molecule has 1 aromatic heterocycles. The van der Waals surface area contributed by atoms with Crippen molar-refractivity contribution in [1.29, 1.82) is 0 Å². The highest BCUT2D eigenvalue weighted by atomic mass is 16.6. The van der Waals surface area contributed by atoms with Crippen LogP contribution in [-0.2, 0) is 20.7 Å². The van der Waals surface area contributed by atoms with Crippen molar-refractivity contribution < 1.29 is 14.3 Å². The van der Waals surface area contributed by atoms with Crippen LogP contribution in [0.2, 0.25) is 0 Å². The highest BCUT2D eigenvalue weighted by Gasteiger charge is 2.29. The maximum absolute atomic E-state index is 11.8. The number of fused-ring (bicyclic) bond motifs is 1. The van der Waals surface area contributed by atoms with Crippen LogP contribution < -0.4 is 0 Å². The van der Waals surface area contributed by atoms with Gasteiger partial charge in [0.15, 0.2) is 0 Å². The Morgan fingerprint density at radius 3 is 3.18 bits per heavy atom. The van der Waals surface area contributed by atoms with Crippen LogP contribution in [0.4, 0.5) is 0 Å². The second kappa shape index (κ2) is 5.31. The van der Waals surface area contributed by atoms with Gasteiger partial charge in [-0.2, -0.15) is 0 Å². The molecule has 17 heavy (non-hydrogen) atoms. The number of aromatic nitrogens is 2. The fourth-order valence-electron chi connectivity index (χ4n) is 1.98. The fourth-order valence-corrected chi connectivity index (χ4v) is 1.98. The minimum atomic E-state index is -0.202. The molecule has 0 aliphatic carbocycles. The van der Waals surface area contributed by atoms with Crippen molar-refractivity contribution in [1.82, 2.24) is 9.55 Å². The third-order valence-electron chi connectivity index (χ3n) is 2.81. The summed E-state index contributed by atoms with van der Waals surface area (Å²) in [6.45, 7) is 4.68. The van der Waals surface area contributed by atoms with Crippen molar-refractivity contribution in [3.8, 4) is 0 Å². The summed E-state index contributed by atoms with van der Waals surface area (Å²) in [7, 11) is 0. The number of nitrogens with zero attached hydrogens (tertiary/aromatic N) is 2. The van der Waals surface area contributed by atoms with Crippen LogP contribution in [0.3, 0.4) is 0 Å². The van der Waals surface area contributed by atoms with Gasteiger partial charge in [-0.15, -0.1) is 0 Å². The molecule has 0 N–H and O–H groups in total. The van der Waals surface area contributed by atoms with Gasteiger partial charge in [-0.3, -0.25) is 0 Å². The van der Waals surface area contributed by atoms with Crippen LogP contribution in [0.5, 0.6) is 0 Å². The van der Waals surface area contributed by atoms with E-state index in [0.29, 0.717) is 13.2 Å². The van der Waals surface area contributed by atoms with Gasteiger partial charge in [0.2, 0.25) is 0 Å². The molecule has 94 valence electrons. The number of esters is 1. The van der Waals surface area contributed by atoms with E-state index >= 15 is 0 Å². The first-order chi connectivity index (χ1) is 8.18. The minimum Gasteiger partial charge on any atom is -0.462 e. The highest BCUT2D eigenvalue weighted by Crippen LogP contribution is 2.25. The van der Waals surface area contributed by atoms with Gasteiger partial charge < -0.3 is 14.0 Å². The van der Waals surface area contributed by atoms with E-state index in [1.165, 1.54) is 0 Å². The summed E-state index contributed by atoms with van der Waals surface area (Å²) < 4.78 is 12.4. The van der Waals surface area contributed by atoms with Gasteiger partial charge in [-0.1, -0.05) is 0 Å². The largest absolute Gasteiger partial charge is 0.462 e. The van der Waals surface area contributed by atoms with E-state index in [0.717, 1.165) is 18.5 Å². The van der Waals surface area contributed by atoms with Crippen LogP contribution >= 0.6 is 0 Å². The smallest absolute Gasteiger partial charge is 0.329 e. The maximum atomic E-state index is 11.8. The molecular formula is C12H18N2O3. The first-order valence-electron chi connectivity index (χ1n) is 5.97. The van der Waals surface area contributed by atoms with E-state index in [9.17, 15) is 4.79 Å². The molecular weight excluding hydrogens is 220 g/mol. The monoisotopic (exact) mass is 238 g/mol. The SMILES string of the molecule is CC(C)OCCOC(=O)C1CCc2cncn21. The van der Waals surface area contributed by atoms with Gasteiger partial charge in [0.1, 0.15) is 12.6 Å². The third-order valence-corrected chi connectivity index (χ3v) is 2.81. The molecule has 2 rings (SSSR count). The number of ether oxygens (including phenoxy) is 2. The fraction of sp³-hybridized carbons (Fsp3) is 0.667. The first kappa shape index (κ1) is 12.1. The van der Waals surface area contributed by atoms with E-state index in [2.05, 4.69) is 4.98 Å². The van der Waals surface area contributed by atoms with Crippen LogP contribution in [0, 0.1) is 0 Å². The molecule has 0 spiro atoms. The predicted molar refractivity (Wildman–Crippen MR) is 61.6 cm³/mol. The summed E-state index contributed by atoms with van der Waals surface area (Å²) in [5.74, 6) is -0.186. The predicted octanol–water partition coefficient (Wildman–Crippen LogP) is 1.34. The van der Waals surface area contributed by atoms with Gasteiger partial charge in [-0.05, 0) is 26.7 Å². The lowest BCUT2D eigenvalue weighted by atomic mass is 10.2. The van der Waals surface area contributed by atoms with Crippen molar-refractivity contribution in [2.75, 3.05) is 13.2 Å². The Bertz CT molecular complexity index is 387. The average molecular weight is 238 g/mol. The van der Waals surface area contributed by atoms with E-state index in [4.69, 9.17) is 9.47 Å². The number of hydrogen-bond donors (Lipinski definition) is 0. The summed E-state index contributed by atoms with van der Waals surface area (Å²) in [6.07, 6.45) is 5.36. The van der Waals surface area contributed by atoms with Gasteiger partial charge in [0.05, 0.1) is 19.0 Å². The molecule has 1 aromatic rings. The summed E-state index contributed by atoms with van der Waals surface area (Å²) in [5.41, 5.74) is 1.10. The number of aryl methyl sites for hydroxylation is 1. The highest BCUT2D eigenvalue weighted by molar-refractivity contribution is 5.74. The molecule has 2 heterocycles. The van der Waals surface area contributed by atoms with E-state index in [1.807, 2.05) is 18.4 Å². The van der Waals surface area contributed by atoms with Gasteiger partial charge >= 0.3 is 5.97 Å². The van der Waals surface area contributed by atoms with Gasteiger partial charge in [-0.25, -0.2) is 9.78 Å². The zero-order valence-corrected chi connectivity index (χ0v) is 10.3. The minimum absolute atomic E-state index is 0.167. The lowest BCUT2D eigenvalue weighted by Gasteiger charge is -2.13. The van der Waals surface area contributed by atoms with Gasteiger partial charge in [0, 0.05) is 11.9 Å². The first-order valence-corrected chi connectivity index (χ1v) is 5.97. The molecule has 1 aliphatic rings. The van der Waals surface area contributed by atoms with Crippen molar-refractivity contribution in [3.05, 3.63) is 18.2 Å². The van der Waals surface area contributed by atoms with Crippen molar-refractivity contribution in [2.45, 2.75) is 38.8 Å². The molecule has 5 nitrogen and oxygen atoms in total. The molecule has 1 unspecified atom stereocenters.